The van der Waals surface area contributed by atoms with Crippen LogP contribution in [0.25, 0.3) is 0 Å². The highest BCUT2D eigenvalue weighted by atomic mass is 15.6. The molecule has 0 unspecified atom stereocenters. The maximum Gasteiger partial charge on any atom is 0.0846 e. The van der Waals surface area contributed by atoms with Crippen molar-refractivity contribution in [1.29, 1.82) is 5.26 Å². The predicted octanol–water partition coefficient (Wildman–Crippen LogP) is -1.34. The van der Waals surface area contributed by atoms with Crippen LogP contribution >= 0.6 is 0 Å². The first-order valence-electron chi connectivity index (χ1n) is 5.09. The molecular formula is C9H15N5. The Morgan fingerprint density at radius 3 is 2.00 bits per heavy atom. The van der Waals surface area contributed by atoms with E-state index in [1.165, 1.54) is 0 Å². The van der Waals surface area contributed by atoms with E-state index in [1.54, 1.807) is 0 Å². The lowest BCUT2D eigenvalue weighted by Crippen LogP contribution is -2.79. The SMILES string of the molecule is N#CCNC12CN3CN(CN(C3)C1)C2. The average molecular weight is 193 g/mol. The van der Waals surface area contributed by atoms with E-state index in [-0.39, 0.29) is 5.54 Å². The molecule has 4 rings (SSSR count). The lowest BCUT2D eigenvalue weighted by Gasteiger charge is -2.60. The molecule has 0 radical (unpaired) electrons. The maximum atomic E-state index is 8.61. The summed E-state index contributed by atoms with van der Waals surface area (Å²) >= 11 is 0. The summed E-state index contributed by atoms with van der Waals surface area (Å²) in [5.41, 5.74) is 0.157. The lowest BCUT2D eigenvalue weighted by atomic mass is 9.91. The summed E-state index contributed by atoms with van der Waals surface area (Å²) in [5.74, 6) is 0. The Hall–Kier alpha value is -0.670. The fourth-order valence-corrected chi connectivity index (χ4v) is 3.11. The van der Waals surface area contributed by atoms with Gasteiger partial charge in [-0.3, -0.25) is 20.0 Å². The van der Waals surface area contributed by atoms with Gasteiger partial charge in [0.15, 0.2) is 0 Å². The van der Waals surface area contributed by atoms with Crippen molar-refractivity contribution in [3.05, 3.63) is 0 Å². The molecule has 4 fully saturated rings. The third kappa shape index (κ3) is 1.23. The van der Waals surface area contributed by atoms with Crippen molar-refractivity contribution in [2.75, 3.05) is 46.2 Å². The van der Waals surface area contributed by atoms with Gasteiger partial charge in [-0.15, -0.1) is 0 Å². The van der Waals surface area contributed by atoms with Crippen molar-refractivity contribution in [1.82, 2.24) is 20.0 Å². The zero-order chi connectivity index (χ0) is 9.60. The predicted molar refractivity (Wildman–Crippen MR) is 51.1 cm³/mol. The van der Waals surface area contributed by atoms with Crippen LogP contribution in [-0.4, -0.2) is 66.4 Å². The van der Waals surface area contributed by atoms with E-state index in [9.17, 15) is 0 Å². The number of nitrogens with zero attached hydrogens (tertiary/aromatic N) is 4. The molecule has 0 aromatic heterocycles. The molecule has 0 amide bonds. The summed E-state index contributed by atoms with van der Waals surface area (Å²) in [4.78, 5) is 7.34. The maximum absolute atomic E-state index is 8.61. The van der Waals surface area contributed by atoms with Crippen molar-refractivity contribution in [3.8, 4) is 6.07 Å². The van der Waals surface area contributed by atoms with E-state index >= 15 is 0 Å². The van der Waals surface area contributed by atoms with Gasteiger partial charge in [0.2, 0.25) is 0 Å². The van der Waals surface area contributed by atoms with Crippen LogP contribution in [0.5, 0.6) is 0 Å². The summed E-state index contributed by atoms with van der Waals surface area (Å²) in [7, 11) is 0. The first kappa shape index (κ1) is 8.62. The first-order chi connectivity index (χ1) is 6.80. The molecule has 4 aliphatic rings. The molecule has 0 aromatic carbocycles. The van der Waals surface area contributed by atoms with E-state index in [1.807, 2.05) is 0 Å². The van der Waals surface area contributed by atoms with Gasteiger partial charge in [0.25, 0.3) is 0 Å². The minimum absolute atomic E-state index is 0.157. The van der Waals surface area contributed by atoms with Gasteiger partial charge in [0.05, 0.1) is 38.2 Å². The van der Waals surface area contributed by atoms with Crippen LogP contribution in [0.4, 0.5) is 0 Å². The van der Waals surface area contributed by atoms with Crippen LogP contribution in [0.3, 0.4) is 0 Å². The Bertz CT molecular complexity index is 246. The molecule has 5 nitrogen and oxygen atoms in total. The van der Waals surface area contributed by atoms with Crippen molar-refractivity contribution < 1.29 is 0 Å². The van der Waals surface area contributed by atoms with E-state index in [0.29, 0.717) is 6.54 Å². The van der Waals surface area contributed by atoms with Gasteiger partial charge in [-0.2, -0.15) is 5.26 Å². The van der Waals surface area contributed by atoms with Crippen molar-refractivity contribution in [3.63, 3.8) is 0 Å². The molecule has 0 aromatic rings. The van der Waals surface area contributed by atoms with Crippen LogP contribution < -0.4 is 5.32 Å². The Morgan fingerprint density at radius 2 is 1.57 bits per heavy atom. The van der Waals surface area contributed by atoms with Crippen LogP contribution in [0, 0.1) is 11.3 Å². The Kier molecular flexibility index (Phi) is 1.79. The highest BCUT2D eigenvalue weighted by molar-refractivity contribution is 5.06. The third-order valence-electron chi connectivity index (χ3n) is 3.32. The van der Waals surface area contributed by atoms with Gasteiger partial charge < -0.3 is 0 Å². The monoisotopic (exact) mass is 193 g/mol. The molecule has 4 bridgehead atoms. The molecule has 4 heterocycles. The second-order valence-corrected chi connectivity index (χ2v) is 4.70. The zero-order valence-electron chi connectivity index (χ0n) is 8.24. The third-order valence-corrected chi connectivity index (χ3v) is 3.32. The van der Waals surface area contributed by atoms with Crippen molar-refractivity contribution in [2.24, 2.45) is 0 Å². The number of nitriles is 1. The summed E-state index contributed by atoms with van der Waals surface area (Å²) in [5, 5.41) is 12.0. The second kappa shape index (κ2) is 2.91. The molecule has 0 spiro atoms. The molecule has 0 saturated carbocycles. The highest BCUT2D eigenvalue weighted by Gasteiger charge is 2.48. The topological polar surface area (TPSA) is 45.5 Å². The number of rotatable bonds is 2. The van der Waals surface area contributed by atoms with Crippen LogP contribution in [0.1, 0.15) is 0 Å². The molecule has 1 N–H and O–H groups in total. The van der Waals surface area contributed by atoms with Gasteiger partial charge in [-0.05, 0) is 0 Å². The smallest absolute Gasteiger partial charge is 0.0846 e. The number of hydrogen-bond acceptors (Lipinski definition) is 5. The van der Waals surface area contributed by atoms with Gasteiger partial charge in [-0.25, -0.2) is 0 Å². The minimum Gasteiger partial charge on any atom is -0.295 e. The van der Waals surface area contributed by atoms with Crippen molar-refractivity contribution >= 4 is 0 Å². The minimum atomic E-state index is 0.157. The standard InChI is InChI=1S/C9H15N5/c10-1-2-11-9-3-12-6-13(4-9)8-14(5-9)7-12/h11H,2-8H2. The van der Waals surface area contributed by atoms with Crippen LogP contribution in [0.2, 0.25) is 0 Å². The second-order valence-electron chi connectivity index (χ2n) is 4.70. The van der Waals surface area contributed by atoms with Gasteiger partial charge >= 0.3 is 0 Å². The molecule has 76 valence electrons. The van der Waals surface area contributed by atoms with Crippen LogP contribution in [-0.2, 0) is 0 Å². The van der Waals surface area contributed by atoms with Crippen molar-refractivity contribution in [2.45, 2.75) is 5.54 Å². The summed E-state index contributed by atoms with van der Waals surface area (Å²) in [6, 6.07) is 2.18. The van der Waals surface area contributed by atoms with Gasteiger partial charge in [0, 0.05) is 19.6 Å². The van der Waals surface area contributed by atoms with E-state index in [2.05, 4.69) is 26.1 Å². The van der Waals surface area contributed by atoms with E-state index in [0.717, 1.165) is 39.6 Å². The number of nitrogens with one attached hydrogen (secondary N) is 1. The summed E-state index contributed by atoms with van der Waals surface area (Å²) in [6.45, 7) is 7.08. The molecule has 5 heteroatoms. The quantitative estimate of drug-likeness (QED) is 0.550. The number of hydrogen-bond donors (Lipinski definition) is 1. The Morgan fingerprint density at radius 1 is 1.07 bits per heavy atom. The average Bonchev–Trinajstić information content (AvgIpc) is 2.12. The summed E-state index contributed by atoms with van der Waals surface area (Å²) < 4.78 is 0. The normalized spacial score (nSPS) is 49.2. The van der Waals surface area contributed by atoms with E-state index in [4.69, 9.17) is 5.26 Å². The molecule has 4 aliphatic heterocycles. The fourth-order valence-electron chi connectivity index (χ4n) is 3.11. The molecule has 0 atom stereocenters. The molecule has 4 saturated heterocycles. The highest BCUT2D eigenvalue weighted by Crippen LogP contribution is 2.28. The largest absolute Gasteiger partial charge is 0.295 e. The molecular weight excluding hydrogens is 178 g/mol. The molecule has 0 aliphatic carbocycles. The Balaban J connectivity index is 1.78. The first-order valence-corrected chi connectivity index (χ1v) is 5.09. The Labute approximate surface area is 83.9 Å². The summed E-state index contributed by atoms with van der Waals surface area (Å²) in [6.07, 6.45) is 0. The fraction of sp³-hybridized carbons (Fsp3) is 0.889. The van der Waals surface area contributed by atoms with Crippen LogP contribution in [0.15, 0.2) is 0 Å². The van der Waals surface area contributed by atoms with Gasteiger partial charge in [-0.1, -0.05) is 0 Å². The zero-order valence-corrected chi connectivity index (χ0v) is 8.24. The van der Waals surface area contributed by atoms with Gasteiger partial charge in [0.1, 0.15) is 0 Å². The van der Waals surface area contributed by atoms with E-state index < -0.39 is 0 Å². The lowest BCUT2D eigenvalue weighted by molar-refractivity contribution is -0.149. The molecule has 14 heavy (non-hydrogen) atoms.